The highest BCUT2D eigenvalue weighted by Crippen LogP contribution is 2.35. The first-order valence-electron chi connectivity index (χ1n) is 12.0. The Balaban J connectivity index is 1.54. The van der Waals surface area contributed by atoms with Crippen molar-refractivity contribution in [2.75, 3.05) is 32.2 Å². The van der Waals surface area contributed by atoms with E-state index in [-0.39, 0.29) is 18.9 Å². The summed E-state index contributed by atoms with van der Waals surface area (Å²) < 4.78 is 12.4. The molecule has 0 unspecified atom stereocenters. The van der Waals surface area contributed by atoms with Gasteiger partial charge in [-0.3, -0.25) is 4.90 Å². The van der Waals surface area contributed by atoms with E-state index < -0.39 is 11.9 Å². The Bertz CT molecular complexity index is 1290. The molecule has 0 radical (unpaired) electrons. The van der Waals surface area contributed by atoms with Crippen LogP contribution in [0.2, 0.25) is 0 Å². The third-order valence-electron chi connectivity index (χ3n) is 6.03. The SMILES string of the molecule is COC(=O)C1=CN(c2c(C(C)C)nn3ccccc23)C=C(C(=O)OCCN(C)Cc2ccccc2)C1. The van der Waals surface area contributed by atoms with E-state index in [1.54, 1.807) is 21.8 Å². The molecule has 8 heteroatoms. The maximum absolute atomic E-state index is 13.1. The maximum atomic E-state index is 13.1. The Morgan fingerprint density at radius 2 is 1.72 bits per heavy atom. The Labute approximate surface area is 211 Å². The Morgan fingerprint density at radius 1 is 1.03 bits per heavy atom. The number of esters is 2. The zero-order valence-corrected chi connectivity index (χ0v) is 21.2. The lowest BCUT2D eigenvalue weighted by atomic mass is 10.0. The molecular weight excluding hydrogens is 456 g/mol. The first kappa shape index (κ1) is 25.2. The molecule has 8 nitrogen and oxygen atoms in total. The highest BCUT2D eigenvalue weighted by atomic mass is 16.5. The summed E-state index contributed by atoms with van der Waals surface area (Å²) in [5.41, 5.74) is 4.50. The normalized spacial score (nSPS) is 13.7. The van der Waals surface area contributed by atoms with Gasteiger partial charge in [-0.05, 0) is 30.7 Å². The second-order valence-electron chi connectivity index (χ2n) is 9.16. The summed E-state index contributed by atoms with van der Waals surface area (Å²) in [4.78, 5) is 29.4. The third-order valence-corrected chi connectivity index (χ3v) is 6.03. The molecular formula is C28H32N4O4. The van der Waals surface area contributed by atoms with Gasteiger partial charge in [-0.25, -0.2) is 14.1 Å². The number of fused-ring (bicyclic) bond motifs is 1. The van der Waals surface area contributed by atoms with Crippen LogP contribution in [-0.2, 0) is 25.6 Å². The van der Waals surface area contributed by atoms with Crippen LogP contribution in [-0.4, -0.2) is 53.8 Å². The van der Waals surface area contributed by atoms with E-state index in [1.165, 1.54) is 12.7 Å². The number of carbonyl (C=O) groups is 2. The van der Waals surface area contributed by atoms with Crippen LogP contribution in [0, 0.1) is 0 Å². The molecule has 0 saturated carbocycles. The third kappa shape index (κ3) is 5.66. The second kappa shape index (κ2) is 11.2. The van der Waals surface area contributed by atoms with Crippen LogP contribution < -0.4 is 4.90 Å². The number of methoxy groups -OCH3 is 1. The van der Waals surface area contributed by atoms with Gasteiger partial charge in [0.1, 0.15) is 6.61 Å². The van der Waals surface area contributed by atoms with E-state index in [1.807, 2.05) is 49.6 Å². The highest BCUT2D eigenvalue weighted by molar-refractivity contribution is 5.97. The lowest BCUT2D eigenvalue weighted by Crippen LogP contribution is -2.26. The van der Waals surface area contributed by atoms with Gasteiger partial charge in [0.15, 0.2) is 0 Å². The van der Waals surface area contributed by atoms with Gasteiger partial charge in [0.05, 0.1) is 35.2 Å². The molecule has 188 valence electrons. The van der Waals surface area contributed by atoms with Crippen LogP contribution in [0.4, 0.5) is 5.69 Å². The number of benzene rings is 1. The average molecular weight is 489 g/mol. The summed E-state index contributed by atoms with van der Waals surface area (Å²) in [5, 5.41) is 4.73. The zero-order valence-electron chi connectivity index (χ0n) is 21.2. The van der Waals surface area contributed by atoms with Crippen molar-refractivity contribution >= 4 is 23.1 Å². The van der Waals surface area contributed by atoms with Crippen LogP contribution in [0.5, 0.6) is 0 Å². The molecule has 0 spiro atoms. The van der Waals surface area contributed by atoms with Gasteiger partial charge in [0.2, 0.25) is 0 Å². The molecule has 2 aromatic heterocycles. The zero-order chi connectivity index (χ0) is 25.7. The smallest absolute Gasteiger partial charge is 0.335 e. The quantitative estimate of drug-likeness (QED) is 0.416. The molecule has 0 atom stereocenters. The van der Waals surface area contributed by atoms with Gasteiger partial charge in [0.25, 0.3) is 0 Å². The van der Waals surface area contributed by atoms with Crippen LogP contribution in [0.1, 0.15) is 37.4 Å². The molecule has 0 N–H and O–H groups in total. The molecule has 0 saturated heterocycles. The lowest BCUT2D eigenvalue weighted by Gasteiger charge is -2.25. The van der Waals surface area contributed by atoms with E-state index >= 15 is 0 Å². The number of nitrogens with zero attached hydrogens (tertiary/aromatic N) is 4. The lowest BCUT2D eigenvalue weighted by molar-refractivity contribution is -0.139. The topological polar surface area (TPSA) is 76.4 Å². The fourth-order valence-electron chi connectivity index (χ4n) is 4.20. The summed E-state index contributed by atoms with van der Waals surface area (Å²) in [6.07, 6.45) is 5.47. The minimum Gasteiger partial charge on any atom is -0.466 e. The number of likely N-dealkylation sites (N-methyl/N-ethyl adjacent to an activating group) is 1. The van der Waals surface area contributed by atoms with E-state index in [9.17, 15) is 9.59 Å². The minimum absolute atomic E-state index is 0.126. The monoisotopic (exact) mass is 488 g/mol. The Morgan fingerprint density at radius 3 is 2.42 bits per heavy atom. The van der Waals surface area contributed by atoms with E-state index in [2.05, 4.69) is 30.9 Å². The summed E-state index contributed by atoms with van der Waals surface area (Å²) in [6.45, 7) is 5.71. The average Bonchev–Trinajstić information content (AvgIpc) is 3.28. The van der Waals surface area contributed by atoms with Crippen molar-refractivity contribution in [3.05, 3.63) is 89.5 Å². The predicted molar refractivity (Wildman–Crippen MR) is 138 cm³/mol. The van der Waals surface area contributed by atoms with Gasteiger partial charge in [0, 0.05) is 38.1 Å². The van der Waals surface area contributed by atoms with Crippen molar-refractivity contribution in [2.45, 2.75) is 32.7 Å². The van der Waals surface area contributed by atoms with Gasteiger partial charge in [-0.1, -0.05) is 50.2 Å². The van der Waals surface area contributed by atoms with E-state index in [4.69, 9.17) is 14.6 Å². The first-order chi connectivity index (χ1) is 17.4. The molecule has 1 aromatic carbocycles. The number of hydrogen-bond donors (Lipinski definition) is 0. The fourth-order valence-corrected chi connectivity index (χ4v) is 4.20. The van der Waals surface area contributed by atoms with Gasteiger partial charge in [-0.2, -0.15) is 5.10 Å². The summed E-state index contributed by atoms with van der Waals surface area (Å²) in [6, 6.07) is 15.9. The summed E-state index contributed by atoms with van der Waals surface area (Å²) >= 11 is 0. The Kier molecular flexibility index (Phi) is 7.85. The molecule has 3 heterocycles. The van der Waals surface area contributed by atoms with E-state index in [0.717, 1.165) is 23.4 Å². The van der Waals surface area contributed by atoms with Crippen molar-refractivity contribution < 1.29 is 19.1 Å². The molecule has 0 bridgehead atoms. The van der Waals surface area contributed by atoms with Gasteiger partial charge < -0.3 is 14.4 Å². The number of ether oxygens (including phenoxy) is 2. The van der Waals surface area contributed by atoms with Crippen LogP contribution in [0.25, 0.3) is 5.52 Å². The van der Waals surface area contributed by atoms with E-state index in [0.29, 0.717) is 17.7 Å². The molecule has 1 aliphatic heterocycles. The number of pyridine rings is 1. The number of aromatic nitrogens is 2. The highest BCUT2D eigenvalue weighted by Gasteiger charge is 2.28. The minimum atomic E-state index is -0.483. The molecule has 4 rings (SSSR count). The number of anilines is 1. The summed E-state index contributed by atoms with van der Waals surface area (Å²) in [7, 11) is 3.32. The molecule has 0 amide bonds. The second-order valence-corrected chi connectivity index (χ2v) is 9.16. The van der Waals surface area contributed by atoms with Gasteiger partial charge >= 0.3 is 11.9 Å². The van der Waals surface area contributed by atoms with Gasteiger partial charge in [-0.15, -0.1) is 0 Å². The van der Waals surface area contributed by atoms with Crippen molar-refractivity contribution in [2.24, 2.45) is 0 Å². The number of carbonyl (C=O) groups excluding carboxylic acids is 2. The van der Waals surface area contributed by atoms with Crippen molar-refractivity contribution in [3.63, 3.8) is 0 Å². The van der Waals surface area contributed by atoms with Crippen molar-refractivity contribution in [1.82, 2.24) is 14.5 Å². The van der Waals surface area contributed by atoms with Crippen molar-refractivity contribution in [1.29, 1.82) is 0 Å². The maximum Gasteiger partial charge on any atom is 0.335 e. The summed E-state index contributed by atoms with van der Waals surface area (Å²) in [5.74, 6) is -0.811. The van der Waals surface area contributed by atoms with Crippen LogP contribution in [0.15, 0.2) is 78.3 Å². The molecule has 1 aliphatic rings. The first-order valence-corrected chi connectivity index (χ1v) is 12.0. The molecule has 3 aromatic rings. The number of hydrogen-bond acceptors (Lipinski definition) is 7. The number of rotatable bonds is 9. The predicted octanol–water partition coefficient (Wildman–Crippen LogP) is 4.28. The largest absolute Gasteiger partial charge is 0.466 e. The molecule has 0 fully saturated rings. The van der Waals surface area contributed by atoms with Crippen molar-refractivity contribution in [3.8, 4) is 0 Å². The fraction of sp³-hybridized carbons (Fsp3) is 0.321. The van der Waals surface area contributed by atoms with Crippen LogP contribution in [0.3, 0.4) is 0 Å². The molecule has 36 heavy (non-hydrogen) atoms. The standard InChI is InChI=1S/C28H32N4O4/c1-20(2)25-26(24-12-8-9-13-32(24)29-25)31-18-22(27(33)35-4)16-23(19-31)28(34)36-15-14-30(3)17-21-10-6-5-7-11-21/h5-13,18-20H,14-17H2,1-4H3. The van der Waals surface area contributed by atoms with Crippen LogP contribution >= 0.6 is 0 Å². The molecule has 0 aliphatic carbocycles. The Hall–Kier alpha value is -3.91.